The summed E-state index contributed by atoms with van der Waals surface area (Å²) in [5, 5.41) is 9.54. The fourth-order valence-corrected chi connectivity index (χ4v) is 1.86. The smallest absolute Gasteiger partial charge is 0.340 e. The van der Waals surface area contributed by atoms with E-state index in [0.29, 0.717) is 17.0 Å². The molecule has 5 heteroatoms. The van der Waals surface area contributed by atoms with Crippen molar-refractivity contribution < 1.29 is 19.4 Å². The number of aliphatic imine (C=N–C) groups is 1. The van der Waals surface area contributed by atoms with E-state index in [1.165, 1.54) is 21.0 Å². The van der Waals surface area contributed by atoms with Gasteiger partial charge in [-0.3, -0.25) is 9.79 Å². The molecule has 0 saturated carbocycles. The molecule has 0 heterocycles. The third-order valence-corrected chi connectivity index (χ3v) is 2.67. The molecule has 0 radical (unpaired) electrons. The van der Waals surface area contributed by atoms with Crippen molar-refractivity contribution in [3.8, 4) is 0 Å². The van der Waals surface area contributed by atoms with Crippen LogP contribution in [0, 0.1) is 0 Å². The van der Waals surface area contributed by atoms with Crippen LogP contribution in [0.3, 0.4) is 0 Å². The third kappa shape index (κ3) is 3.54. The molecule has 0 saturated heterocycles. The SMILES string of the molecule is COC(=O)c1ccccc1N=C(C)/C(C(C)=O)=C(/C)O. The van der Waals surface area contributed by atoms with Gasteiger partial charge >= 0.3 is 5.97 Å². The molecule has 0 aliphatic heterocycles. The highest BCUT2D eigenvalue weighted by Crippen LogP contribution is 2.21. The van der Waals surface area contributed by atoms with Gasteiger partial charge in [-0.15, -0.1) is 0 Å². The largest absolute Gasteiger partial charge is 0.512 e. The molecule has 0 aromatic heterocycles. The number of aliphatic hydroxyl groups is 1. The summed E-state index contributed by atoms with van der Waals surface area (Å²) in [6.45, 7) is 4.37. The number of benzene rings is 1. The Kier molecular flexibility index (Phi) is 5.20. The number of hydrogen-bond donors (Lipinski definition) is 1. The lowest BCUT2D eigenvalue weighted by atomic mass is 10.1. The minimum Gasteiger partial charge on any atom is -0.512 e. The normalized spacial score (nSPS) is 12.7. The molecule has 0 unspecified atom stereocenters. The molecule has 0 bridgehead atoms. The van der Waals surface area contributed by atoms with Crippen molar-refractivity contribution in [2.75, 3.05) is 7.11 Å². The lowest BCUT2D eigenvalue weighted by Gasteiger charge is -2.07. The van der Waals surface area contributed by atoms with Crippen LogP contribution in [0.15, 0.2) is 40.6 Å². The van der Waals surface area contributed by atoms with Crippen molar-refractivity contribution in [2.45, 2.75) is 20.8 Å². The van der Waals surface area contributed by atoms with E-state index < -0.39 is 5.97 Å². The summed E-state index contributed by atoms with van der Waals surface area (Å²) in [5.41, 5.74) is 1.17. The number of hydrogen-bond acceptors (Lipinski definition) is 5. The standard InChI is InChI=1S/C15H17NO4/c1-9(14(10(2)17)11(3)18)16-13-8-6-5-7-12(13)15(19)20-4/h5-8,17H,1-4H3/b14-10+,16-9?. The minimum atomic E-state index is -0.508. The molecule has 1 N–H and O–H groups in total. The molecule has 1 aromatic carbocycles. The molecule has 1 rings (SSSR count). The average Bonchev–Trinajstić information content (AvgIpc) is 2.37. The van der Waals surface area contributed by atoms with Crippen LogP contribution in [0.25, 0.3) is 0 Å². The molecule has 5 nitrogen and oxygen atoms in total. The highest BCUT2D eigenvalue weighted by Gasteiger charge is 2.15. The Balaban J connectivity index is 3.34. The van der Waals surface area contributed by atoms with Crippen molar-refractivity contribution >= 4 is 23.2 Å². The summed E-state index contributed by atoms with van der Waals surface area (Å²) in [7, 11) is 1.29. The summed E-state index contributed by atoms with van der Waals surface area (Å²) in [6.07, 6.45) is 0. The van der Waals surface area contributed by atoms with Crippen molar-refractivity contribution in [1.82, 2.24) is 0 Å². The third-order valence-electron chi connectivity index (χ3n) is 2.67. The average molecular weight is 275 g/mol. The molecule has 0 amide bonds. The maximum absolute atomic E-state index is 11.6. The first-order chi connectivity index (χ1) is 9.38. The first-order valence-electron chi connectivity index (χ1n) is 6.02. The Morgan fingerprint density at radius 3 is 2.25 bits per heavy atom. The monoisotopic (exact) mass is 275 g/mol. The maximum Gasteiger partial charge on any atom is 0.340 e. The van der Waals surface area contributed by atoms with Gasteiger partial charge < -0.3 is 9.84 Å². The molecule has 0 aliphatic rings. The summed E-state index contributed by atoms with van der Waals surface area (Å²) >= 11 is 0. The number of Topliss-reactive ketones (excluding diaryl/α,β-unsaturated/α-hetero) is 1. The first kappa shape index (κ1) is 15.6. The fraction of sp³-hybridized carbons (Fsp3) is 0.267. The Hall–Kier alpha value is -2.43. The van der Waals surface area contributed by atoms with Gasteiger partial charge in [0.05, 0.1) is 29.6 Å². The van der Waals surface area contributed by atoms with Crippen LogP contribution in [-0.2, 0) is 9.53 Å². The zero-order valence-electron chi connectivity index (χ0n) is 11.9. The number of aliphatic hydroxyl groups excluding tert-OH is 1. The highest BCUT2D eigenvalue weighted by molar-refractivity contribution is 6.21. The van der Waals surface area contributed by atoms with E-state index in [2.05, 4.69) is 9.73 Å². The first-order valence-corrected chi connectivity index (χ1v) is 6.02. The Bertz CT molecular complexity index is 596. The molecular formula is C15H17NO4. The molecule has 0 aliphatic carbocycles. The van der Waals surface area contributed by atoms with E-state index in [4.69, 9.17) is 0 Å². The Labute approximate surface area is 117 Å². The zero-order chi connectivity index (χ0) is 15.3. The van der Waals surface area contributed by atoms with Gasteiger partial charge in [0.1, 0.15) is 5.76 Å². The lowest BCUT2D eigenvalue weighted by Crippen LogP contribution is -2.10. The lowest BCUT2D eigenvalue weighted by molar-refractivity contribution is -0.113. The van der Waals surface area contributed by atoms with Crippen LogP contribution in [0.1, 0.15) is 31.1 Å². The van der Waals surface area contributed by atoms with E-state index >= 15 is 0 Å². The van der Waals surface area contributed by atoms with Crippen LogP contribution in [-0.4, -0.2) is 29.7 Å². The van der Waals surface area contributed by atoms with Gasteiger partial charge in [-0.2, -0.15) is 0 Å². The number of ether oxygens (including phenoxy) is 1. The second-order valence-electron chi connectivity index (χ2n) is 4.22. The van der Waals surface area contributed by atoms with Crippen molar-refractivity contribution in [1.29, 1.82) is 0 Å². The van der Waals surface area contributed by atoms with E-state index in [1.807, 2.05) is 0 Å². The van der Waals surface area contributed by atoms with E-state index in [9.17, 15) is 14.7 Å². The van der Waals surface area contributed by atoms with Crippen LogP contribution >= 0.6 is 0 Å². The summed E-state index contributed by atoms with van der Waals surface area (Å²) in [5.74, 6) is -0.901. The molecule has 0 atom stereocenters. The number of nitrogens with zero attached hydrogens (tertiary/aromatic N) is 1. The summed E-state index contributed by atoms with van der Waals surface area (Å²) in [4.78, 5) is 27.4. The molecule has 1 aromatic rings. The van der Waals surface area contributed by atoms with Gasteiger partial charge in [0.15, 0.2) is 5.78 Å². The number of ketones is 1. The molecule has 20 heavy (non-hydrogen) atoms. The fourth-order valence-electron chi connectivity index (χ4n) is 1.86. The van der Waals surface area contributed by atoms with E-state index in [0.717, 1.165) is 0 Å². The number of methoxy groups -OCH3 is 1. The summed E-state index contributed by atoms with van der Waals surface area (Å²) < 4.78 is 4.68. The van der Waals surface area contributed by atoms with Crippen LogP contribution in [0.4, 0.5) is 5.69 Å². The van der Waals surface area contributed by atoms with Crippen LogP contribution in [0.2, 0.25) is 0 Å². The van der Waals surface area contributed by atoms with Gasteiger partial charge in [0, 0.05) is 0 Å². The molecule has 0 fully saturated rings. The number of carbonyl (C=O) groups is 2. The van der Waals surface area contributed by atoms with E-state index in [-0.39, 0.29) is 17.1 Å². The van der Waals surface area contributed by atoms with Gasteiger partial charge in [-0.05, 0) is 32.9 Å². The number of allylic oxidation sites excluding steroid dienone is 2. The number of esters is 1. The van der Waals surface area contributed by atoms with Crippen molar-refractivity contribution in [2.24, 2.45) is 4.99 Å². The van der Waals surface area contributed by atoms with Crippen molar-refractivity contribution in [3.05, 3.63) is 41.2 Å². The minimum absolute atomic E-state index is 0.103. The quantitative estimate of drug-likeness (QED) is 0.396. The Morgan fingerprint density at radius 1 is 1.15 bits per heavy atom. The number of carbonyl (C=O) groups excluding carboxylic acids is 2. The van der Waals surface area contributed by atoms with Crippen molar-refractivity contribution in [3.63, 3.8) is 0 Å². The van der Waals surface area contributed by atoms with Crippen LogP contribution < -0.4 is 0 Å². The second-order valence-corrected chi connectivity index (χ2v) is 4.22. The second kappa shape index (κ2) is 6.65. The zero-order valence-corrected chi connectivity index (χ0v) is 11.9. The van der Waals surface area contributed by atoms with Gasteiger partial charge in [0.25, 0.3) is 0 Å². The van der Waals surface area contributed by atoms with E-state index in [1.54, 1.807) is 31.2 Å². The highest BCUT2D eigenvalue weighted by atomic mass is 16.5. The van der Waals surface area contributed by atoms with Crippen LogP contribution in [0.5, 0.6) is 0 Å². The summed E-state index contributed by atoms with van der Waals surface area (Å²) in [6, 6.07) is 6.64. The molecular weight excluding hydrogens is 258 g/mol. The predicted molar refractivity (Wildman–Crippen MR) is 76.6 cm³/mol. The maximum atomic E-state index is 11.6. The van der Waals surface area contributed by atoms with Gasteiger partial charge in [-0.25, -0.2) is 4.79 Å². The van der Waals surface area contributed by atoms with Gasteiger partial charge in [0.2, 0.25) is 0 Å². The molecule has 106 valence electrons. The topological polar surface area (TPSA) is 76.0 Å². The molecule has 0 spiro atoms. The predicted octanol–water partition coefficient (Wildman–Crippen LogP) is 2.99. The Morgan fingerprint density at radius 2 is 1.75 bits per heavy atom. The number of rotatable bonds is 4. The number of para-hydroxylation sites is 1. The van der Waals surface area contributed by atoms with Gasteiger partial charge in [-0.1, -0.05) is 12.1 Å².